The number of nitrogens with zero attached hydrogens (tertiary/aromatic N) is 2. The molecule has 3 heteroatoms. The molecule has 2 unspecified atom stereocenters. The Bertz CT molecular complexity index is 515. The lowest BCUT2D eigenvalue weighted by Gasteiger charge is -2.18. The highest BCUT2D eigenvalue weighted by Crippen LogP contribution is 2.20. The quantitative estimate of drug-likeness (QED) is 0.880. The van der Waals surface area contributed by atoms with Gasteiger partial charge in [0, 0.05) is 24.9 Å². The van der Waals surface area contributed by atoms with Crippen molar-refractivity contribution in [2.75, 3.05) is 0 Å². The van der Waals surface area contributed by atoms with E-state index in [1.165, 1.54) is 23.7 Å². The number of aryl methyl sites for hydroxylation is 1. The number of nitrogens with two attached hydrogens (primary N) is 1. The molecule has 3 nitrogen and oxygen atoms in total. The molecule has 18 heavy (non-hydrogen) atoms. The first-order chi connectivity index (χ1) is 8.63. The van der Waals surface area contributed by atoms with Crippen molar-refractivity contribution in [2.45, 2.75) is 39.2 Å². The fourth-order valence-electron chi connectivity index (χ4n) is 2.53. The van der Waals surface area contributed by atoms with Crippen LogP contribution in [0.5, 0.6) is 0 Å². The Labute approximate surface area is 109 Å². The van der Waals surface area contributed by atoms with Gasteiger partial charge >= 0.3 is 0 Å². The summed E-state index contributed by atoms with van der Waals surface area (Å²) in [4.78, 5) is 0. The van der Waals surface area contributed by atoms with Crippen molar-refractivity contribution >= 4 is 10.9 Å². The minimum absolute atomic E-state index is 0.197. The van der Waals surface area contributed by atoms with Crippen LogP contribution in [0.25, 0.3) is 10.9 Å². The van der Waals surface area contributed by atoms with Crippen LogP contribution in [0.15, 0.2) is 24.3 Å². The van der Waals surface area contributed by atoms with Crippen LogP contribution >= 0.6 is 0 Å². The summed E-state index contributed by atoms with van der Waals surface area (Å²) in [5, 5.41) is 5.84. The van der Waals surface area contributed by atoms with Gasteiger partial charge in [-0.2, -0.15) is 5.10 Å². The zero-order valence-corrected chi connectivity index (χ0v) is 11.6. The molecule has 1 heterocycles. The number of hydrogen-bond acceptors (Lipinski definition) is 2. The molecule has 1 aromatic carbocycles. The Balaban J connectivity index is 2.21. The number of rotatable bonds is 5. The van der Waals surface area contributed by atoms with Gasteiger partial charge in [0.15, 0.2) is 0 Å². The van der Waals surface area contributed by atoms with Crippen molar-refractivity contribution in [3.8, 4) is 0 Å². The Morgan fingerprint density at radius 3 is 2.78 bits per heavy atom. The maximum absolute atomic E-state index is 6.29. The van der Waals surface area contributed by atoms with Crippen molar-refractivity contribution < 1.29 is 0 Å². The smallest absolute Gasteiger partial charge is 0.0718 e. The first-order valence-electron chi connectivity index (χ1n) is 6.79. The van der Waals surface area contributed by atoms with E-state index in [1.807, 2.05) is 17.8 Å². The standard InChI is InChI=1S/C15H23N3/c1-4-7-11(2)13(16)10-14-12-8-5-6-9-15(12)18(3)17-14/h5-6,8-9,11,13H,4,7,10,16H2,1-3H3. The third-order valence-electron chi connectivity index (χ3n) is 3.74. The van der Waals surface area contributed by atoms with E-state index in [2.05, 4.69) is 37.1 Å². The Kier molecular flexibility index (Phi) is 4.02. The van der Waals surface area contributed by atoms with Gasteiger partial charge in [-0.05, 0) is 18.4 Å². The van der Waals surface area contributed by atoms with Crippen molar-refractivity contribution in [2.24, 2.45) is 18.7 Å². The zero-order chi connectivity index (χ0) is 13.1. The zero-order valence-electron chi connectivity index (χ0n) is 11.6. The van der Waals surface area contributed by atoms with Crippen molar-refractivity contribution in [1.29, 1.82) is 0 Å². The second-order valence-electron chi connectivity index (χ2n) is 5.22. The number of benzene rings is 1. The molecule has 2 rings (SSSR count). The van der Waals surface area contributed by atoms with E-state index in [1.54, 1.807) is 0 Å². The third-order valence-corrected chi connectivity index (χ3v) is 3.74. The first kappa shape index (κ1) is 13.1. The Morgan fingerprint density at radius 1 is 1.33 bits per heavy atom. The summed E-state index contributed by atoms with van der Waals surface area (Å²) in [5.74, 6) is 0.552. The maximum atomic E-state index is 6.29. The molecule has 0 saturated heterocycles. The Hall–Kier alpha value is -1.35. The summed E-state index contributed by atoms with van der Waals surface area (Å²) in [7, 11) is 1.99. The van der Waals surface area contributed by atoms with Gasteiger partial charge in [-0.1, -0.05) is 38.5 Å². The van der Waals surface area contributed by atoms with Crippen LogP contribution in [0.3, 0.4) is 0 Å². The molecule has 1 aromatic heterocycles. The topological polar surface area (TPSA) is 43.8 Å². The summed E-state index contributed by atoms with van der Waals surface area (Å²) in [5.41, 5.74) is 8.60. The SMILES string of the molecule is CCCC(C)C(N)Cc1nn(C)c2ccccc12. The number of hydrogen-bond donors (Lipinski definition) is 1. The van der Waals surface area contributed by atoms with Crippen molar-refractivity contribution in [3.05, 3.63) is 30.0 Å². The molecule has 0 saturated carbocycles. The fraction of sp³-hybridized carbons (Fsp3) is 0.533. The third kappa shape index (κ3) is 2.56. The summed E-state index contributed by atoms with van der Waals surface area (Å²) < 4.78 is 1.95. The molecule has 0 fully saturated rings. The van der Waals surface area contributed by atoms with E-state index in [4.69, 9.17) is 5.73 Å². The van der Waals surface area contributed by atoms with E-state index < -0.39 is 0 Å². The molecule has 98 valence electrons. The predicted molar refractivity (Wildman–Crippen MR) is 76.5 cm³/mol. The maximum Gasteiger partial charge on any atom is 0.0718 e. The van der Waals surface area contributed by atoms with Crippen molar-refractivity contribution in [1.82, 2.24) is 9.78 Å². The largest absolute Gasteiger partial charge is 0.327 e. The molecule has 0 aliphatic heterocycles. The lowest BCUT2D eigenvalue weighted by molar-refractivity contribution is 0.417. The minimum Gasteiger partial charge on any atom is -0.327 e. The number of para-hydroxylation sites is 1. The van der Waals surface area contributed by atoms with Gasteiger partial charge in [0.05, 0.1) is 11.2 Å². The molecule has 0 amide bonds. The highest BCUT2D eigenvalue weighted by Gasteiger charge is 2.16. The lowest BCUT2D eigenvalue weighted by atomic mass is 9.93. The van der Waals surface area contributed by atoms with Gasteiger partial charge in [-0.25, -0.2) is 0 Å². The first-order valence-corrected chi connectivity index (χ1v) is 6.79. The van der Waals surface area contributed by atoms with Gasteiger partial charge < -0.3 is 5.73 Å². The molecule has 0 bridgehead atoms. The molecule has 2 atom stereocenters. The molecule has 0 spiro atoms. The minimum atomic E-state index is 0.197. The molecular weight excluding hydrogens is 222 g/mol. The number of fused-ring (bicyclic) bond motifs is 1. The highest BCUT2D eigenvalue weighted by atomic mass is 15.3. The molecule has 0 aliphatic carbocycles. The van der Waals surface area contributed by atoms with Gasteiger partial charge in [0.2, 0.25) is 0 Å². The average Bonchev–Trinajstić information content (AvgIpc) is 2.67. The summed E-state index contributed by atoms with van der Waals surface area (Å²) in [6.45, 7) is 4.44. The van der Waals surface area contributed by atoms with Gasteiger partial charge in [0.1, 0.15) is 0 Å². The van der Waals surface area contributed by atoms with Crippen LogP contribution in [0.1, 0.15) is 32.4 Å². The van der Waals surface area contributed by atoms with Crippen LogP contribution < -0.4 is 5.73 Å². The van der Waals surface area contributed by atoms with Gasteiger partial charge in [0.25, 0.3) is 0 Å². The monoisotopic (exact) mass is 245 g/mol. The van der Waals surface area contributed by atoms with Gasteiger partial charge in [-0.3, -0.25) is 4.68 Å². The molecule has 0 radical (unpaired) electrons. The van der Waals surface area contributed by atoms with E-state index in [9.17, 15) is 0 Å². The molecule has 0 aliphatic rings. The normalized spacial score (nSPS) is 14.9. The van der Waals surface area contributed by atoms with E-state index >= 15 is 0 Å². The van der Waals surface area contributed by atoms with Gasteiger partial charge in [-0.15, -0.1) is 0 Å². The van der Waals surface area contributed by atoms with Crippen molar-refractivity contribution in [3.63, 3.8) is 0 Å². The summed E-state index contributed by atoms with van der Waals surface area (Å²) in [6.07, 6.45) is 3.24. The molecular formula is C15H23N3. The van der Waals surface area contributed by atoms with Crippen LogP contribution in [-0.2, 0) is 13.5 Å². The van der Waals surface area contributed by atoms with Crippen LogP contribution in [0.2, 0.25) is 0 Å². The average molecular weight is 245 g/mol. The fourth-order valence-corrected chi connectivity index (χ4v) is 2.53. The van der Waals surface area contributed by atoms with E-state index in [0.717, 1.165) is 12.1 Å². The Morgan fingerprint density at radius 2 is 2.06 bits per heavy atom. The molecule has 2 aromatic rings. The second kappa shape index (κ2) is 5.53. The predicted octanol–water partition coefficient (Wildman–Crippen LogP) is 2.88. The summed E-state index contributed by atoms with van der Waals surface area (Å²) in [6, 6.07) is 8.55. The van der Waals surface area contributed by atoms with Crippen LogP contribution in [0.4, 0.5) is 0 Å². The van der Waals surface area contributed by atoms with E-state index in [0.29, 0.717) is 5.92 Å². The molecule has 2 N–H and O–H groups in total. The lowest BCUT2D eigenvalue weighted by Crippen LogP contribution is -2.30. The van der Waals surface area contributed by atoms with E-state index in [-0.39, 0.29) is 6.04 Å². The highest BCUT2D eigenvalue weighted by molar-refractivity contribution is 5.81. The number of aromatic nitrogens is 2. The summed E-state index contributed by atoms with van der Waals surface area (Å²) >= 11 is 0. The van der Waals surface area contributed by atoms with Crippen LogP contribution in [-0.4, -0.2) is 15.8 Å². The van der Waals surface area contributed by atoms with Crippen LogP contribution in [0, 0.1) is 5.92 Å². The second-order valence-corrected chi connectivity index (χ2v) is 5.22.